The van der Waals surface area contributed by atoms with Crippen LogP contribution in [0.3, 0.4) is 0 Å². The lowest BCUT2D eigenvalue weighted by Crippen LogP contribution is -2.46. The molecule has 0 saturated carbocycles. The molecular weight excluding hydrogens is 731 g/mol. The van der Waals surface area contributed by atoms with E-state index in [1.54, 1.807) is 0 Å². The smallest absolute Gasteiger partial charge is 0.306 e. The van der Waals surface area contributed by atoms with Gasteiger partial charge in [-0.2, -0.15) is 0 Å². The molecule has 1 amide bonds. The Balaban J connectivity index is 4.56. The van der Waals surface area contributed by atoms with E-state index in [4.69, 9.17) is 4.74 Å². The predicted molar refractivity (Wildman–Crippen MR) is 255 cm³/mol. The van der Waals surface area contributed by atoms with Crippen LogP contribution in [0.1, 0.15) is 265 Å². The zero-order valence-electron chi connectivity index (χ0n) is 39.4. The third-order valence-electron chi connectivity index (χ3n) is 11.7. The van der Waals surface area contributed by atoms with Gasteiger partial charge in [0.25, 0.3) is 0 Å². The average molecular weight is 830 g/mol. The Hall–Kier alpha value is -1.92. The second-order valence-corrected chi connectivity index (χ2v) is 17.5. The summed E-state index contributed by atoms with van der Waals surface area (Å²) in [5.41, 5.74) is 0. The van der Waals surface area contributed by atoms with Crippen LogP contribution in [-0.2, 0) is 14.3 Å². The number of hydrogen-bond donors (Lipinski definition) is 3. The molecule has 0 aromatic heterocycles. The molecule has 3 N–H and O–H groups in total. The van der Waals surface area contributed by atoms with E-state index in [-0.39, 0.29) is 24.9 Å². The van der Waals surface area contributed by atoms with Gasteiger partial charge in [-0.05, 0) is 57.8 Å². The quantitative estimate of drug-likeness (QED) is 0.0323. The lowest BCUT2D eigenvalue weighted by Gasteiger charge is -2.24. The van der Waals surface area contributed by atoms with Gasteiger partial charge in [0.1, 0.15) is 6.10 Å². The molecule has 0 rings (SSSR count). The van der Waals surface area contributed by atoms with E-state index in [1.807, 2.05) is 0 Å². The molecule has 0 aliphatic heterocycles. The Morgan fingerprint density at radius 3 is 1.39 bits per heavy atom. The minimum Gasteiger partial charge on any atom is -0.462 e. The van der Waals surface area contributed by atoms with E-state index >= 15 is 0 Å². The van der Waals surface area contributed by atoms with Crippen LogP contribution >= 0.6 is 0 Å². The molecule has 59 heavy (non-hydrogen) atoms. The first-order chi connectivity index (χ1) is 29.0. The normalized spacial score (nSPS) is 13.5. The lowest BCUT2D eigenvalue weighted by atomic mass is 10.0. The van der Waals surface area contributed by atoms with Crippen molar-refractivity contribution in [1.82, 2.24) is 5.32 Å². The highest BCUT2D eigenvalue weighted by atomic mass is 16.5. The maximum atomic E-state index is 13.2. The molecule has 0 radical (unpaired) electrons. The minimum atomic E-state index is -0.788. The summed E-state index contributed by atoms with van der Waals surface area (Å²) in [7, 11) is 0. The van der Waals surface area contributed by atoms with Gasteiger partial charge in [0.05, 0.1) is 25.2 Å². The molecule has 0 fully saturated rings. The summed E-state index contributed by atoms with van der Waals surface area (Å²) < 4.78 is 5.92. The third-order valence-corrected chi connectivity index (χ3v) is 11.7. The summed E-state index contributed by atoms with van der Waals surface area (Å²) in [6.07, 6.45) is 54.9. The van der Waals surface area contributed by atoms with Gasteiger partial charge in [-0.3, -0.25) is 9.59 Å². The monoisotopic (exact) mass is 830 g/mol. The van der Waals surface area contributed by atoms with Crippen molar-refractivity contribution in [2.75, 3.05) is 6.61 Å². The standard InChI is InChI=1S/C53H99NO5/c1-4-7-10-13-16-19-22-25-27-30-33-36-39-42-45-51(56)50(48-55)54-52(57)47-49(44-41-38-35-32-29-24-21-18-15-12-9-6-3)59-53(58)46-43-40-37-34-31-28-26-23-20-17-14-11-8-5-2/h8,11,17,20,26,28,49-51,55-56H,4-7,9-10,12-16,18-19,21-25,27,29-48H2,1-3H3,(H,54,57)/b11-8+,20-17+,28-26+. The van der Waals surface area contributed by atoms with Gasteiger partial charge in [0, 0.05) is 6.42 Å². The number of aliphatic hydroxyl groups is 2. The van der Waals surface area contributed by atoms with Crippen LogP contribution in [0.2, 0.25) is 0 Å². The van der Waals surface area contributed by atoms with E-state index in [1.165, 1.54) is 141 Å². The molecule has 0 saturated heterocycles. The molecular formula is C53H99NO5. The highest BCUT2D eigenvalue weighted by Crippen LogP contribution is 2.18. The fraction of sp³-hybridized carbons (Fsp3) is 0.849. The minimum absolute atomic E-state index is 0.0722. The molecule has 0 aromatic carbocycles. The van der Waals surface area contributed by atoms with Crippen LogP contribution in [0.15, 0.2) is 36.5 Å². The van der Waals surface area contributed by atoms with Gasteiger partial charge in [-0.15, -0.1) is 0 Å². The van der Waals surface area contributed by atoms with Crippen molar-refractivity contribution in [2.45, 2.75) is 283 Å². The number of carbonyl (C=O) groups excluding carboxylic acids is 2. The Morgan fingerprint density at radius 2 is 0.915 bits per heavy atom. The van der Waals surface area contributed by atoms with Gasteiger partial charge in [-0.25, -0.2) is 0 Å². The number of amides is 1. The Morgan fingerprint density at radius 1 is 0.508 bits per heavy atom. The fourth-order valence-electron chi connectivity index (χ4n) is 7.86. The molecule has 3 unspecified atom stereocenters. The highest BCUT2D eigenvalue weighted by Gasteiger charge is 2.24. The van der Waals surface area contributed by atoms with Crippen LogP contribution < -0.4 is 5.32 Å². The van der Waals surface area contributed by atoms with Crippen molar-refractivity contribution in [3.8, 4) is 0 Å². The number of unbranched alkanes of at least 4 members (excludes halogenated alkanes) is 28. The van der Waals surface area contributed by atoms with Crippen LogP contribution in [0.5, 0.6) is 0 Å². The van der Waals surface area contributed by atoms with Crippen molar-refractivity contribution < 1.29 is 24.5 Å². The zero-order chi connectivity index (χ0) is 43.1. The van der Waals surface area contributed by atoms with Gasteiger partial charge < -0.3 is 20.3 Å². The number of aliphatic hydroxyl groups excluding tert-OH is 2. The molecule has 0 heterocycles. The second kappa shape index (κ2) is 47.1. The van der Waals surface area contributed by atoms with Crippen LogP contribution in [-0.4, -0.2) is 46.9 Å². The maximum absolute atomic E-state index is 13.2. The van der Waals surface area contributed by atoms with E-state index in [0.29, 0.717) is 19.3 Å². The SMILES string of the molecule is CC/C=C/C/C=C/C/C=C/CCCCCCC(=O)OC(CCCCCCCCCCCCCC)CC(=O)NC(CO)C(O)CCCCCCCCCCCCCCCC. The number of allylic oxidation sites excluding steroid dienone is 6. The molecule has 0 aromatic rings. The number of esters is 1. The van der Waals surface area contributed by atoms with Crippen molar-refractivity contribution in [1.29, 1.82) is 0 Å². The van der Waals surface area contributed by atoms with E-state index < -0.39 is 18.2 Å². The molecule has 0 aliphatic carbocycles. The molecule has 0 aliphatic rings. The Labute approximate surface area is 366 Å². The number of carbonyl (C=O) groups is 2. The Bertz CT molecular complexity index is 977. The van der Waals surface area contributed by atoms with Crippen molar-refractivity contribution in [2.24, 2.45) is 0 Å². The van der Waals surface area contributed by atoms with Gasteiger partial charge in [0.15, 0.2) is 0 Å². The molecule has 6 heteroatoms. The summed E-state index contributed by atoms with van der Waals surface area (Å²) >= 11 is 0. The second-order valence-electron chi connectivity index (χ2n) is 17.5. The topological polar surface area (TPSA) is 95.9 Å². The largest absolute Gasteiger partial charge is 0.462 e. The lowest BCUT2D eigenvalue weighted by molar-refractivity contribution is -0.151. The predicted octanol–water partition coefficient (Wildman–Crippen LogP) is 15.3. The molecule has 0 spiro atoms. The summed E-state index contributed by atoms with van der Waals surface area (Å²) in [6.45, 7) is 6.38. The van der Waals surface area contributed by atoms with Gasteiger partial charge in [-0.1, -0.05) is 231 Å². The maximum Gasteiger partial charge on any atom is 0.306 e. The number of rotatable bonds is 46. The summed E-state index contributed by atoms with van der Waals surface area (Å²) in [4.78, 5) is 26.1. The first-order valence-electron chi connectivity index (χ1n) is 25.7. The van der Waals surface area contributed by atoms with Crippen molar-refractivity contribution in [3.63, 3.8) is 0 Å². The van der Waals surface area contributed by atoms with Crippen LogP contribution in [0, 0.1) is 0 Å². The summed E-state index contributed by atoms with van der Waals surface area (Å²) in [6, 6.07) is -0.702. The first kappa shape index (κ1) is 57.1. The average Bonchev–Trinajstić information content (AvgIpc) is 3.23. The van der Waals surface area contributed by atoms with Crippen molar-refractivity contribution in [3.05, 3.63) is 36.5 Å². The van der Waals surface area contributed by atoms with Crippen molar-refractivity contribution >= 4 is 11.9 Å². The number of nitrogens with one attached hydrogen (secondary N) is 1. The molecule has 6 nitrogen and oxygen atoms in total. The van der Waals surface area contributed by atoms with Crippen LogP contribution in [0.25, 0.3) is 0 Å². The number of ether oxygens (including phenoxy) is 1. The zero-order valence-corrected chi connectivity index (χ0v) is 39.4. The van der Waals surface area contributed by atoms with E-state index in [0.717, 1.165) is 77.0 Å². The Kier molecular flexibility index (Phi) is 45.6. The van der Waals surface area contributed by atoms with E-state index in [2.05, 4.69) is 62.5 Å². The van der Waals surface area contributed by atoms with E-state index in [9.17, 15) is 19.8 Å². The third kappa shape index (κ3) is 42.6. The molecule has 3 atom stereocenters. The van der Waals surface area contributed by atoms with Gasteiger partial charge in [0.2, 0.25) is 5.91 Å². The first-order valence-corrected chi connectivity index (χ1v) is 25.7. The molecule has 0 bridgehead atoms. The van der Waals surface area contributed by atoms with Crippen LogP contribution in [0.4, 0.5) is 0 Å². The fourth-order valence-corrected chi connectivity index (χ4v) is 7.86. The highest BCUT2D eigenvalue weighted by molar-refractivity contribution is 5.77. The number of hydrogen-bond acceptors (Lipinski definition) is 5. The summed E-state index contributed by atoms with van der Waals surface area (Å²) in [5.74, 6) is -0.489. The molecule has 346 valence electrons. The summed E-state index contributed by atoms with van der Waals surface area (Å²) in [5, 5.41) is 23.8. The van der Waals surface area contributed by atoms with Gasteiger partial charge >= 0.3 is 5.97 Å².